The van der Waals surface area contributed by atoms with Crippen LogP contribution in [0.5, 0.6) is 5.75 Å². The molecule has 2 heterocycles. The van der Waals surface area contributed by atoms with Crippen molar-refractivity contribution in [3.63, 3.8) is 0 Å². The predicted molar refractivity (Wildman–Crippen MR) is 75.3 cm³/mol. The second kappa shape index (κ2) is 5.14. The largest absolute Gasteiger partial charge is 0.493 e. The van der Waals surface area contributed by atoms with Gasteiger partial charge in [0.05, 0.1) is 6.61 Å². The molecule has 0 aromatic heterocycles. The zero-order valence-corrected chi connectivity index (χ0v) is 11.6. The zero-order valence-electron chi connectivity index (χ0n) is 11.6. The SMILES string of the molecule is CCCOc1ccccc1C1(O)CCN2CCCC21. The Balaban J connectivity index is 1.92. The van der Waals surface area contributed by atoms with Crippen molar-refractivity contribution < 1.29 is 9.84 Å². The first-order chi connectivity index (χ1) is 9.25. The Bertz CT molecular complexity index is 448. The van der Waals surface area contributed by atoms with Gasteiger partial charge in [0.15, 0.2) is 0 Å². The standard InChI is InChI=1S/C16H23NO2/c1-2-12-19-14-7-4-3-6-13(14)16(18)9-11-17-10-5-8-15(16)17/h3-4,6-7,15,18H,2,5,8-12H2,1H3. The molecule has 2 unspecified atom stereocenters. The van der Waals surface area contributed by atoms with Gasteiger partial charge in [-0.25, -0.2) is 0 Å². The minimum atomic E-state index is -0.721. The molecule has 2 atom stereocenters. The number of para-hydroxylation sites is 1. The molecule has 3 nitrogen and oxygen atoms in total. The molecule has 1 aromatic carbocycles. The Hall–Kier alpha value is -1.06. The fourth-order valence-electron chi connectivity index (χ4n) is 3.59. The third-order valence-corrected chi connectivity index (χ3v) is 4.51. The Morgan fingerprint density at radius 3 is 3.05 bits per heavy atom. The highest BCUT2D eigenvalue weighted by Gasteiger charge is 2.50. The molecule has 3 rings (SSSR count). The Morgan fingerprint density at radius 2 is 2.21 bits per heavy atom. The fraction of sp³-hybridized carbons (Fsp3) is 0.625. The van der Waals surface area contributed by atoms with Crippen molar-refractivity contribution in [2.75, 3.05) is 19.7 Å². The number of rotatable bonds is 4. The summed E-state index contributed by atoms with van der Waals surface area (Å²) >= 11 is 0. The molecule has 2 aliphatic heterocycles. The molecular formula is C16H23NO2. The van der Waals surface area contributed by atoms with E-state index in [1.807, 2.05) is 24.3 Å². The highest BCUT2D eigenvalue weighted by atomic mass is 16.5. The van der Waals surface area contributed by atoms with Gasteiger partial charge in [0, 0.05) is 18.2 Å². The van der Waals surface area contributed by atoms with Gasteiger partial charge in [-0.2, -0.15) is 0 Å². The van der Waals surface area contributed by atoms with Gasteiger partial charge in [0.2, 0.25) is 0 Å². The van der Waals surface area contributed by atoms with Crippen molar-refractivity contribution in [1.29, 1.82) is 0 Å². The molecule has 19 heavy (non-hydrogen) atoms. The second-order valence-electron chi connectivity index (χ2n) is 5.71. The van der Waals surface area contributed by atoms with E-state index < -0.39 is 5.60 Å². The highest BCUT2D eigenvalue weighted by Crippen LogP contribution is 2.45. The molecule has 1 aromatic rings. The maximum Gasteiger partial charge on any atom is 0.125 e. The van der Waals surface area contributed by atoms with E-state index in [1.165, 1.54) is 6.42 Å². The lowest BCUT2D eigenvalue weighted by molar-refractivity contribution is 0.00687. The summed E-state index contributed by atoms with van der Waals surface area (Å²) < 4.78 is 5.83. The summed E-state index contributed by atoms with van der Waals surface area (Å²) in [6.07, 6.45) is 4.11. The average Bonchev–Trinajstić information content (AvgIpc) is 3.02. The van der Waals surface area contributed by atoms with Crippen LogP contribution in [0.2, 0.25) is 0 Å². The molecule has 0 aliphatic carbocycles. The molecule has 0 saturated carbocycles. The van der Waals surface area contributed by atoms with Crippen molar-refractivity contribution in [3.8, 4) is 5.75 Å². The van der Waals surface area contributed by atoms with Crippen LogP contribution in [0.15, 0.2) is 24.3 Å². The third-order valence-electron chi connectivity index (χ3n) is 4.51. The number of ether oxygens (including phenoxy) is 1. The topological polar surface area (TPSA) is 32.7 Å². The van der Waals surface area contributed by atoms with Gasteiger partial charge in [0.1, 0.15) is 11.4 Å². The summed E-state index contributed by atoms with van der Waals surface area (Å²) in [6, 6.07) is 8.29. The molecule has 2 saturated heterocycles. The predicted octanol–water partition coefficient (Wildman–Crippen LogP) is 2.53. The van der Waals surface area contributed by atoms with E-state index in [9.17, 15) is 5.11 Å². The lowest BCUT2D eigenvalue weighted by atomic mass is 9.85. The van der Waals surface area contributed by atoms with E-state index in [-0.39, 0.29) is 6.04 Å². The molecular weight excluding hydrogens is 238 g/mol. The molecule has 104 valence electrons. The van der Waals surface area contributed by atoms with Gasteiger partial charge in [-0.1, -0.05) is 25.1 Å². The molecule has 2 aliphatic rings. The van der Waals surface area contributed by atoms with Gasteiger partial charge in [-0.05, 0) is 38.3 Å². The van der Waals surface area contributed by atoms with E-state index in [0.29, 0.717) is 6.61 Å². The maximum atomic E-state index is 11.2. The Morgan fingerprint density at radius 1 is 1.37 bits per heavy atom. The van der Waals surface area contributed by atoms with E-state index in [4.69, 9.17) is 4.74 Å². The maximum absolute atomic E-state index is 11.2. The summed E-state index contributed by atoms with van der Waals surface area (Å²) in [5, 5.41) is 11.2. The zero-order chi connectivity index (χ0) is 13.3. The first-order valence-electron chi connectivity index (χ1n) is 7.44. The van der Waals surface area contributed by atoms with E-state index in [0.717, 1.165) is 43.7 Å². The first kappa shape index (κ1) is 12.9. The van der Waals surface area contributed by atoms with Crippen LogP contribution in [-0.2, 0) is 5.60 Å². The smallest absolute Gasteiger partial charge is 0.125 e. The van der Waals surface area contributed by atoms with Crippen molar-refractivity contribution in [1.82, 2.24) is 4.90 Å². The van der Waals surface area contributed by atoms with Crippen LogP contribution in [0.3, 0.4) is 0 Å². The van der Waals surface area contributed by atoms with Gasteiger partial charge < -0.3 is 9.84 Å². The van der Waals surface area contributed by atoms with Crippen molar-refractivity contribution in [3.05, 3.63) is 29.8 Å². The summed E-state index contributed by atoms with van der Waals surface area (Å²) in [7, 11) is 0. The Kier molecular flexibility index (Phi) is 3.50. The number of aliphatic hydroxyl groups is 1. The van der Waals surface area contributed by atoms with Crippen LogP contribution in [0.25, 0.3) is 0 Å². The summed E-state index contributed by atoms with van der Waals surface area (Å²) in [4.78, 5) is 2.43. The highest BCUT2D eigenvalue weighted by molar-refractivity contribution is 5.40. The molecule has 0 amide bonds. The second-order valence-corrected chi connectivity index (χ2v) is 5.71. The van der Waals surface area contributed by atoms with Crippen LogP contribution in [-0.4, -0.2) is 35.7 Å². The number of benzene rings is 1. The van der Waals surface area contributed by atoms with Crippen LogP contribution in [0, 0.1) is 0 Å². The van der Waals surface area contributed by atoms with Crippen molar-refractivity contribution in [2.45, 2.75) is 44.2 Å². The lowest BCUT2D eigenvalue weighted by Crippen LogP contribution is -2.39. The quantitative estimate of drug-likeness (QED) is 0.904. The van der Waals surface area contributed by atoms with Crippen LogP contribution in [0.1, 0.15) is 38.2 Å². The molecule has 0 bridgehead atoms. The number of fused-ring (bicyclic) bond motifs is 1. The third kappa shape index (κ3) is 2.15. The minimum absolute atomic E-state index is 0.277. The first-order valence-corrected chi connectivity index (χ1v) is 7.44. The van der Waals surface area contributed by atoms with Crippen molar-refractivity contribution >= 4 is 0 Å². The van der Waals surface area contributed by atoms with Crippen LogP contribution in [0.4, 0.5) is 0 Å². The van der Waals surface area contributed by atoms with Gasteiger partial charge in [-0.15, -0.1) is 0 Å². The normalized spacial score (nSPS) is 30.5. The molecule has 1 N–H and O–H groups in total. The molecule has 0 radical (unpaired) electrons. The number of nitrogens with zero attached hydrogens (tertiary/aromatic N) is 1. The average molecular weight is 261 g/mol. The van der Waals surface area contributed by atoms with Gasteiger partial charge in [0.25, 0.3) is 0 Å². The monoisotopic (exact) mass is 261 g/mol. The van der Waals surface area contributed by atoms with E-state index in [2.05, 4.69) is 11.8 Å². The summed E-state index contributed by atoms with van der Waals surface area (Å²) in [5.41, 5.74) is 0.263. The lowest BCUT2D eigenvalue weighted by Gasteiger charge is -2.31. The van der Waals surface area contributed by atoms with Crippen LogP contribution < -0.4 is 4.74 Å². The Labute approximate surface area is 115 Å². The minimum Gasteiger partial charge on any atom is -0.493 e. The van der Waals surface area contributed by atoms with Crippen molar-refractivity contribution in [2.24, 2.45) is 0 Å². The summed E-state index contributed by atoms with van der Waals surface area (Å²) in [5.74, 6) is 0.862. The fourth-order valence-corrected chi connectivity index (χ4v) is 3.59. The number of hydrogen-bond acceptors (Lipinski definition) is 3. The van der Waals surface area contributed by atoms with E-state index in [1.54, 1.807) is 0 Å². The molecule has 0 spiro atoms. The van der Waals surface area contributed by atoms with Gasteiger partial charge in [-0.3, -0.25) is 4.90 Å². The molecule has 2 fully saturated rings. The number of hydrogen-bond donors (Lipinski definition) is 1. The van der Waals surface area contributed by atoms with E-state index >= 15 is 0 Å². The van der Waals surface area contributed by atoms with Gasteiger partial charge >= 0.3 is 0 Å². The van der Waals surface area contributed by atoms with Crippen LogP contribution >= 0.6 is 0 Å². The molecule has 3 heteroatoms. The summed E-state index contributed by atoms with van der Waals surface area (Å²) in [6.45, 7) is 4.95.